The molecule has 0 spiro atoms. The van der Waals surface area contributed by atoms with Gasteiger partial charge in [-0.15, -0.1) is 0 Å². The topological polar surface area (TPSA) is 130 Å². The molecule has 0 unspecified atom stereocenters. The molecule has 2 aliphatic rings. The Morgan fingerprint density at radius 3 is 2.68 bits per heavy atom. The van der Waals surface area contributed by atoms with E-state index in [1.54, 1.807) is 18.2 Å². The number of piperidine rings is 1. The fraction of sp³-hybridized carbons (Fsp3) is 0.320. The van der Waals surface area contributed by atoms with Crippen LogP contribution in [-0.2, 0) is 4.79 Å². The van der Waals surface area contributed by atoms with Crippen molar-refractivity contribution in [1.29, 1.82) is 0 Å². The smallest absolute Gasteiger partial charge is 0.407 e. The standard InChI is InChI=1S/C25H24F2N6O4/c26-20-18(31-22(34)14-5-6-14)7-8-19(21(20)27)37-23-16(4-1-10-28-23)17-9-11-29-24(32-17)30-15-3-2-12-33(13-15)25(35)36/h1,4,7-11,14-15H,2-3,5-6,12-13H2,(H,31,34)(H,35,36)(H,29,30,32)/t15-/m0/s1. The number of pyridine rings is 1. The van der Waals surface area contributed by atoms with Crippen LogP contribution in [-0.4, -0.2) is 56.1 Å². The fourth-order valence-corrected chi connectivity index (χ4v) is 4.09. The molecular weight excluding hydrogens is 486 g/mol. The molecule has 5 rings (SSSR count). The van der Waals surface area contributed by atoms with E-state index in [0.29, 0.717) is 24.3 Å². The normalized spacial score (nSPS) is 17.2. The SMILES string of the molecule is O=C(Nc1ccc(Oc2ncccc2-c2ccnc(N[C@H]3CCCN(C(=O)O)C3)n2)c(F)c1F)C1CC1. The van der Waals surface area contributed by atoms with Crippen molar-refractivity contribution in [1.82, 2.24) is 19.9 Å². The number of carbonyl (C=O) groups is 2. The summed E-state index contributed by atoms with van der Waals surface area (Å²) in [6.07, 6.45) is 4.95. The summed E-state index contributed by atoms with van der Waals surface area (Å²) in [5, 5.41) is 14.8. The van der Waals surface area contributed by atoms with Crippen LogP contribution >= 0.6 is 0 Å². The number of carboxylic acid groups (broad SMARTS) is 1. The zero-order valence-electron chi connectivity index (χ0n) is 19.7. The summed E-state index contributed by atoms with van der Waals surface area (Å²) in [6.45, 7) is 0.794. The van der Waals surface area contributed by atoms with Crippen LogP contribution in [0.4, 0.5) is 25.2 Å². The van der Waals surface area contributed by atoms with Gasteiger partial charge in [0.2, 0.25) is 23.6 Å². The molecule has 2 amide bonds. The van der Waals surface area contributed by atoms with E-state index >= 15 is 0 Å². The van der Waals surface area contributed by atoms with Crippen molar-refractivity contribution in [2.75, 3.05) is 23.7 Å². The molecule has 1 aliphatic carbocycles. The second kappa shape index (κ2) is 10.3. The third-order valence-corrected chi connectivity index (χ3v) is 6.19. The van der Waals surface area contributed by atoms with Crippen LogP contribution in [0.5, 0.6) is 11.6 Å². The molecule has 2 aromatic heterocycles. The average molecular weight is 511 g/mol. The molecule has 0 radical (unpaired) electrons. The molecule has 12 heteroatoms. The maximum atomic E-state index is 14.8. The maximum absolute atomic E-state index is 14.8. The van der Waals surface area contributed by atoms with Gasteiger partial charge in [0.25, 0.3) is 0 Å². The molecule has 1 aliphatic heterocycles. The first-order valence-corrected chi connectivity index (χ1v) is 11.9. The Balaban J connectivity index is 1.34. The lowest BCUT2D eigenvalue weighted by molar-refractivity contribution is -0.117. The number of aromatic nitrogens is 3. The first-order valence-electron chi connectivity index (χ1n) is 11.9. The molecule has 2 fully saturated rings. The van der Waals surface area contributed by atoms with E-state index < -0.39 is 23.5 Å². The number of likely N-dealkylation sites (tertiary alicyclic amines) is 1. The molecule has 10 nitrogen and oxygen atoms in total. The number of amides is 2. The van der Waals surface area contributed by atoms with Gasteiger partial charge in [0.05, 0.1) is 16.9 Å². The highest BCUT2D eigenvalue weighted by Gasteiger charge is 2.31. The number of anilines is 2. The van der Waals surface area contributed by atoms with Gasteiger partial charge in [-0.2, -0.15) is 4.39 Å². The molecule has 3 N–H and O–H groups in total. The van der Waals surface area contributed by atoms with Crippen molar-refractivity contribution in [3.8, 4) is 22.9 Å². The summed E-state index contributed by atoms with van der Waals surface area (Å²) in [4.78, 5) is 37.4. The molecule has 1 atom stereocenters. The number of ether oxygens (including phenoxy) is 1. The van der Waals surface area contributed by atoms with E-state index in [4.69, 9.17) is 4.74 Å². The highest BCUT2D eigenvalue weighted by molar-refractivity contribution is 5.94. The third kappa shape index (κ3) is 5.57. The second-order valence-electron chi connectivity index (χ2n) is 8.94. The van der Waals surface area contributed by atoms with Gasteiger partial charge >= 0.3 is 6.09 Å². The van der Waals surface area contributed by atoms with Crippen LogP contribution in [0.2, 0.25) is 0 Å². The lowest BCUT2D eigenvalue weighted by atomic mass is 10.1. The fourth-order valence-electron chi connectivity index (χ4n) is 4.09. The largest absolute Gasteiger partial charge is 0.465 e. The van der Waals surface area contributed by atoms with Crippen molar-refractivity contribution in [3.05, 3.63) is 54.4 Å². The highest BCUT2D eigenvalue weighted by atomic mass is 19.2. The van der Waals surface area contributed by atoms with Crippen LogP contribution in [0.25, 0.3) is 11.3 Å². The van der Waals surface area contributed by atoms with E-state index in [0.717, 1.165) is 25.7 Å². The minimum absolute atomic E-state index is 0.00469. The minimum Gasteiger partial charge on any atom is -0.465 e. The van der Waals surface area contributed by atoms with Crippen LogP contribution in [0, 0.1) is 17.6 Å². The van der Waals surface area contributed by atoms with Crippen molar-refractivity contribution in [2.45, 2.75) is 31.7 Å². The molecule has 3 aromatic rings. The predicted molar refractivity (Wildman–Crippen MR) is 129 cm³/mol. The number of carbonyl (C=O) groups excluding carboxylic acids is 1. The van der Waals surface area contributed by atoms with Crippen LogP contribution < -0.4 is 15.4 Å². The molecule has 1 saturated heterocycles. The molecule has 192 valence electrons. The van der Waals surface area contributed by atoms with Crippen molar-refractivity contribution < 1.29 is 28.2 Å². The lowest BCUT2D eigenvalue weighted by Crippen LogP contribution is -2.44. The first-order chi connectivity index (χ1) is 17.9. The highest BCUT2D eigenvalue weighted by Crippen LogP contribution is 2.35. The van der Waals surface area contributed by atoms with Crippen LogP contribution in [0.3, 0.4) is 0 Å². The van der Waals surface area contributed by atoms with Gasteiger partial charge < -0.3 is 25.4 Å². The van der Waals surface area contributed by atoms with E-state index in [1.165, 1.54) is 29.4 Å². The van der Waals surface area contributed by atoms with Gasteiger partial charge in [0.15, 0.2) is 11.6 Å². The zero-order valence-corrected chi connectivity index (χ0v) is 19.7. The molecule has 1 aromatic carbocycles. The third-order valence-electron chi connectivity index (χ3n) is 6.19. The van der Waals surface area contributed by atoms with Crippen LogP contribution in [0.1, 0.15) is 25.7 Å². The molecule has 3 heterocycles. The quantitative estimate of drug-likeness (QED) is 0.423. The average Bonchev–Trinajstić information content (AvgIpc) is 3.75. The number of nitrogens with one attached hydrogen (secondary N) is 2. The van der Waals surface area contributed by atoms with Crippen molar-refractivity contribution >= 4 is 23.6 Å². The number of nitrogens with zero attached hydrogens (tertiary/aromatic N) is 4. The number of rotatable bonds is 7. The van der Waals surface area contributed by atoms with Gasteiger partial charge in [-0.05, 0) is 56.0 Å². The number of hydrogen-bond donors (Lipinski definition) is 3. The molecular formula is C25H24F2N6O4. The number of halogens is 2. The van der Waals surface area contributed by atoms with Crippen molar-refractivity contribution in [3.63, 3.8) is 0 Å². The Morgan fingerprint density at radius 1 is 1.05 bits per heavy atom. The Bertz CT molecular complexity index is 1340. The van der Waals surface area contributed by atoms with E-state index in [-0.39, 0.29) is 35.4 Å². The van der Waals surface area contributed by atoms with Crippen molar-refractivity contribution in [2.24, 2.45) is 5.92 Å². The van der Waals surface area contributed by atoms with Gasteiger partial charge in [0, 0.05) is 37.4 Å². The summed E-state index contributed by atoms with van der Waals surface area (Å²) < 4.78 is 35.1. The maximum Gasteiger partial charge on any atom is 0.407 e. The predicted octanol–water partition coefficient (Wildman–Crippen LogP) is 4.51. The lowest BCUT2D eigenvalue weighted by Gasteiger charge is -2.31. The van der Waals surface area contributed by atoms with Gasteiger partial charge in [-0.25, -0.2) is 24.1 Å². The second-order valence-corrected chi connectivity index (χ2v) is 8.94. The summed E-state index contributed by atoms with van der Waals surface area (Å²) in [7, 11) is 0. The monoisotopic (exact) mass is 510 g/mol. The Kier molecular flexibility index (Phi) is 6.80. The van der Waals surface area contributed by atoms with E-state index in [1.807, 2.05) is 0 Å². The Labute approximate surface area is 210 Å². The molecule has 37 heavy (non-hydrogen) atoms. The van der Waals surface area contributed by atoms with Gasteiger partial charge in [-0.3, -0.25) is 4.79 Å². The van der Waals surface area contributed by atoms with Crippen LogP contribution in [0.15, 0.2) is 42.7 Å². The molecule has 0 bridgehead atoms. The van der Waals surface area contributed by atoms with Gasteiger partial charge in [0.1, 0.15) is 0 Å². The summed E-state index contributed by atoms with van der Waals surface area (Å²) in [6, 6.07) is 7.25. The zero-order chi connectivity index (χ0) is 25.9. The number of hydrogen-bond acceptors (Lipinski definition) is 7. The minimum atomic E-state index is -1.25. The van der Waals surface area contributed by atoms with Gasteiger partial charge in [-0.1, -0.05) is 0 Å². The summed E-state index contributed by atoms with van der Waals surface area (Å²) in [5.41, 5.74) is 0.578. The Morgan fingerprint density at radius 2 is 1.89 bits per heavy atom. The Hall–Kier alpha value is -4.35. The van der Waals surface area contributed by atoms with E-state index in [9.17, 15) is 23.5 Å². The summed E-state index contributed by atoms with van der Waals surface area (Å²) in [5.74, 6) is -3.08. The number of benzene rings is 1. The first kappa shape index (κ1) is 24.3. The van der Waals surface area contributed by atoms with E-state index in [2.05, 4.69) is 25.6 Å². The summed E-state index contributed by atoms with van der Waals surface area (Å²) >= 11 is 0. The molecule has 1 saturated carbocycles.